The van der Waals surface area contributed by atoms with E-state index < -0.39 is 31.0 Å². The minimum Gasteiger partial charge on any atom is -0.355 e. The highest BCUT2D eigenvalue weighted by molar-refractivity contribution is 7.71. The fraction of sp³-hybridized carbons (Fsp3) is 0.455. The van der Waals surface area contributed by atoms with Gasteiger partial charge in [0.25, 0.3) is 18.3 Å². The number of fused-ring (bicyclic) bond motifs is 1. The average molecular weight is 322 g/mol. The number of nitrogens with two attached hydrogens (primary N) is 1. The second-order valence-electron chi connectivity index (χ2n) is 4.28. The summed E-state index contributed by atoms with van der Waals surface area (Å²) in [4.78, 5) is 16.9. The van der Waals surface area contributed by atoms with Gasteiger partial charge in [0.05, 0.1) is 18.2 Å². The van der Waals surface area contributed by atoms with Crippen LogP contribution < -0.4 is 11.3 Å². The first-order chi connectivity index (χ1) is 9.95. The molecule has 0 saturated heterocycles. The van der Waals surface area contributed by atoms with Crippen LogP contribution in [0.25, 0.3) is 11.0 Å². The molecule has 6 nitrogen and oxygen atoms in total. The van der Waals surface area contributed by atoms with Crippen molar-refractivity contribution in [1.29, 1.82) is 0 Å². The molecule has 0 saturated carbocycles. The third-order valence-electron chi connectivity index (χ3n) is 2.93. The normalized spacial score (nSPS) is 14.7. The van der Waals surface area contributed by atoms with Crippen LogP contribution in [-0.2, 0) is 4.74 Å². The van der Waals surface area contributed by atoms with Crippen LogP contribution in [0.1, 0.15) is 6.04 Å². The van der Waals surface area contributed by atoms with Crippen molar-refractivity contribution in [2.75, 3.05) is 13.2 Å². The topological polar surface area (TPSA) is 88.8 Å². The Hall–Kier alpha value is -1.65. The maximum absolute atomic E-state index is 12.8. The SMILES string of the molecule is NCC(COC(F)C(F)F)n1c(=S)[nH]c(=O)c2[nH]ccc21. The van der Waals surface area contributed by atoms with Gasteiger partial charge >= 0.3 is 0 Å². The molecular formula is C11H13F3N4O2S. The molecule has 2 unspecified atom stereocenters. The molecule has 0 radical (unpaired) electrons. The van der Waals surface area contributed by atoms with E-state index in [1.54, 1.807) is 6.07 Å². The molecule has 0 aliphatic rings. The number of alkyl halides is 3. The van der Waals surface area contributed by atoms with Gasteiger partial charge in [0.15, 0.2) is 4.77 Å². The Kier molecular flexibility index (Phi) is 4.80. The average Bonchev–Trinajstić information content (AvgIpc) is 2.91. The van der Waals surface area contributed by atoms with E-state index in [-0.39, 0.29) is 16.8 Å². The first-order valence-corrected chi connectivity index (χ1v) is 6.42. The van der Waals surface area contributed by atoms with E-state index in [0.29, 0.717) is 5.52 Å². The van der Waals surface area contributed by atoms with Gasteiger partial charge in [-0.1, -0.05) is 0 Å². The number of nitrogens with one attached hydrogen (secondary N) is 2. The molecule has 0 aromatic carbocycles. The van der Waals surface area contributed by atoms with Crippen molar-refractivity contribution < 1.29 is 17.9 Å². The second-order valence-corrected chi connectivity index (χ2v) is 4.66. The fourth-order valence-corrected chi connectivity index (χ4v) is 2.30. The Balaban J connectivity index is 2.37. The Morgan fingerprint density at radius 2 is 2.14 bits per heavy atom. The second kappa shape index (κ2) is 6.41. The van der Waals surface area contributed by atoms with Crippen LogP contribution in [0.3, 0.4) is 0 Å². The third kappa shape index (κ3) is 3.17. The van der Waals surface area contributed by atoms with Crippen molar-refractivity contribution in [3.8, 4) is 0 Å². The number of nitrogens with zero attached hydrogens (tertiary/aromatic N) is 1. The van der Waals surface area contributed by atoms with Crippen LogP contribution in [-0.4, -0.2) is 40.5 Å². The molecule has 4 N–H and O–H groups in total. The first-order valence-electron chi connectivity index (χ1n) is 6.01. The van der Waals surface area contributed by atoms with Crippen LogP contribution in [0.15, 0.2) is 17.1 Å². The summed E-state index contributed by atoms with van der Waals surface area (Å²) in [7, 11) is 0. The van der Waals surface area contributed by atoms with Crippen LogP contribution >= 0.6 is 12.2 Å². The number of hydrogen-bond acceptors (Lipinski definition) is 4. The Morgan fingerprint density at radius 3 is 2.76 bits per heavy atom. The number of hydrogen-bond donors (Lipinski definition) is 3. The summed E-state index contributed by atoms with van der Waals surface area (Å²) in [5.41, 5.74) is 5.86. The van der Waals surface area contributed by atoms with Crippen molar-refractivity contribution in [1.82, 2.24) is 14.5 Å². The van der Waals surface area contributed by atoms with E-state index >= 15 is 0 Å². The number of H-pyrrole nitrogens is 2. The van der Waals surface area contributed by atoms with Gasteiger partial charge in [-0.25, -0.2) is 13.2 Å². The summed E-state index contributed by atoms with van der Waals surface area (Å²) in [5.74, 6) is 0. The highest BCUT2D eigenvalue weighted by Crippen LogP contribution is 2.17. The predicted octanol–water partition coefficient (Wildman–Crippen LogP) is 1.46. The Labute approximate surface area is 121 Å². The zero-order valence-electron chi connectivity index (χ0n) is 10.7. The molecule has 0 fully saturated rings. The maximum Gasteiger partial charge on any atom is 0.293 e. The summed E-state index contributed by atoms with van der Waals surface area (Å²) in [6.45, 7) is -0.431. The molecule has 0 aliphatic heterocycles. The van der Waals surface area contributed by atoms with Crippen molar-refractivity contribution in [3.63, 3.8) is 0 Å². The molecule has 10 heteroatoms. The number of aromatic nitrogens is 3. The van der Waals surface area contributed by atoms with Crippen LogP contribution in [0.4, 0.5) is 13.2 Å². The minimum atomic E-state index is -3.24. The third-order valence-corrected chi connectivity index (χ3v) is 3.23. The first kappa shape index (κ1) is 15.7. The lowest BCUT2D eigenvalue weighted by molar-refractivity contribution is -0.134. The monoisotopic (exact) mass is 322 g/mol. The lowest BCUT2D eigenvalue weighted by Crippen LogP contribution is -2.30. The summed E-state index contributed by atoms with van der Waals surface area (Å²) in [6.07, 6.45) is -4.41. The van der Waals surface area contributed by atoms with Crippen LogP contribution in [0.2, 0.25) is 0 Å². The molecule has 21 heavy (non-hydrogen) atoms. The number of rotatable bonds is 6. The van der Waals surface area contributed by atoms with Gasteiger partial charge in [-0.15, -0.1) is 0 Å². The Bertz CT molecular complexity index is 726. The van der Waals surface area contributed by atoms with Crippen LogP contribution in [0, 0.1) is 4.77 Å². The zero-order valence-corrected chi connectivity index (χ0v) is 11.5. The minimum absolute atomic E-state index is 0.0312. The van der Waals surface area contributed by atoms with Crippen LogP contribution in [0.5, 0.6) is 0 Å². The van der Waals surface area contributed by atoms with Crippen molar-refractivity contribution in [3.05, 3.63) is 27.4 Å². The van der Waals surface area contributed by atoms with Gasteiger partial charge < -0.3 is 20.0 Å². The molecular weight excluding hydrogens is 309 g/mol. The van der Waals surface area contributed by atoms with Gasteiger partial charge in [0, 0.05) is 12.7 Å². The van der Waals surface area contributed by atoms with Gasteiger partial charge in [0.1, 0.15) is 5.52 Å². The number of aromatic amines is 2. The summed E-state index contributed by atoms with van der Waals surface area (Å²) < 4.78 is 43.0. The lowest BCUT2D eigenvalue weighted by atomic mass is 10.3. The molecule has 0 amide bonds. The van der Waals surface area contributed by atoms with Gasteiger partial charge in [-0.3, -0.25) is 9.78 Å². The van der Waals surface area contributed by atoms with E-state index in [9.17, 15) is 18.0 Å². The van der Waals surface area contributed by atoms with Gasteiger partial charge in [0.2, 0.25) is 0 Å². The summed E-state index contributed by atoms with van der Waals surface area (Å²) >= 11 is 5.05. The smallest absolute Gasteiger partial charge is 0.293 e. The van der Waals surface area contributed by atoms with E-state index in [0.717, 1.165) is 0 Å². The predicted molar refractivity (Wildman–Crippen MR) is 72.7 cm³/mol. The molecule has 2 aromatic heterocycles. The molecule has 0 bridgehead atoms. The standard InChI is InChI=1S/C11H13F3N4O2S/c12-8(13)9(14)20-4-5(3-15)18-6-1-2-16-7(6)10(19)17-11(18)21/h1-2,5,8-9,16H,3-4,15H2,(H,17,19,21). The summed E-state index contributed by atoms with van der Waals surface area (Å²) in [6, 6.07) is 0.896. The Morgan fingerprint density at radius 1 is 1.43 bits per heavy atom. The van der Waals surface area contributed by atoms with Crippen molar-refractivity contribution in [2.45, 2.75) is 18.8 Å². The number of ether oxygens (including phenoxy) is 1. The largest absolute Gasteiger partial charge is 0.355 e. The molecule has 116 valence electrons. The van der Waals surface area contributed by atoms with E-state index in [1.807, 2.05) is 0 Å². The molecule has 0 aliphatic carbocycles. The van der Waals surface area contributed by atoms with E-state index in [1.165, 1.54) is 10.8 Å². The van der Waals surface area contributed by atoms with E-state index in [4.69, 9.17) is 18.0 Å². The quantitative estimate of drug-likeness (QED) is 0.703. The highest BCUT2D eigenvalue weighted by Gasteiger charge is 2.23. The zero-order chi connectivity index (χ0) is 15.6. The highest BCUT2D eigenvalue weighted by atomic mass is 32.1. The lowest BCUT2D eigenvalue weighted by Gasteiger charge is -2.21. The molecule has 2 rings (SSSR count). The van der Waals surface area contributed by atoms with Crippen molar-refractivity contribution >= 4 is 23.3 Å². The number of halogens is 3. The maximum atomic E-state index is 12.8. The molecule has 0 spiro atoms. The molecule has 2 aromatic rings. The molecule has 2 heterocycles. The van der Waals surface area contributed by atoms with Gasteiger partial charge in [-0.2, -0.15) is 0 Å². The molecule has 2 atom stereocenters. The fourth-order valence-electron chi connectivity index (χ4n) is 1.96. The van der Waals surface area contributed by atoms with Gasteiger partial charge in [-0.05, 0) is 18.3 Å². The summed E-state index contributed by atoms with van der Waals surface area (Å²) in [5, 5.41) is 0. The van der Waals surface area contributed by atoms with Crippen molar-refractivity contribution in [2.24, 2.45) is 5.73 Å². The van der Waals surface area contributed by atoms with E-state index in [2.05, 4.69) is 14.7 Å².